The zero-order valence-electron chi connectivity index (χ0n) is 13.9. The van der Waals surface area contributed by atoms with E-state index in [4.69, 9.17) is 10.5 Å². The second-order valence-corrected chi connectivity index (χ2v) is 5.40. The van der Waals surface area contributed by atoms with Crippen molar-refractivity contribution in [3.8, 4) is 5.75 Å². The summed E-state index contributed by atoms with van der Waals surface area (Å²) in [5.41, 5.74) is 8.21. The van der Waals surface area contributed by atoms with Gasteiger partial charge in [-0.25, -0.2) is 4.98 Å². The van der Waals surface area contributed by atoms with Crippen molar-refractivity contribution < 1.29 is 9.53 Å². The molecule has 0 bridgehead atoms. The summed E-state index contributed by atoms with van der Waals surface area (Å²) in [6.07, 6.45) is 1.64. The van der Waals surface area contributed by atoms with Crippen LogP contribution in [0.3, 0.4) is 0 Å². The molecule has 3 rings (SSSR count). The minimum atomic E-state index is -0.0827. The third-order valence-corrected chi connectivity index (χ3v) is 3.67. The Bertz CT molecular complexity index is 879. The number of nitrogens with one attached hydrogen (secondary N) is 1. The molecule has 0 amide bonds. The van der Waals surface area contributed by atoms with E-state index in [1.807, 2.05) is 25.1 Å². The van der Waals surface area contributed by atoms with Gasteiger partial charge in [0, 0.05) is 23.4 Å². The number of ether oxygens (including phenoxy) is 1. The molecule has 0 saturated carbocycles. The van der Waals surface area contributed by atoms with Gasteiger partial charge in [-0.1, -0.05) is 30.3 Å². The lowest BCUT2D eigenvalue weighted by Gasteiger charge is -2.14. The number of nitrogens with zero attached hydrogens (tertiary/aromatic N) is 1. The highest BCUT2D eigenvalue weighted by Crippen LogP contribution is 2.29. The number of rotatable bonds is 6. The van der Waals surface area contributed by atoms with E-state index >= 15 is 0 Å². The summed E-state index contributed by atoms with van der Waals surface area (Å²) in [5, 5.41) is 3.15. The summed E-state index contributed by atoms with van der Waals surface area (Å²) in [6, 6.07) is 18.0. The molecule has 0 spiro atoms. The van der Waals surface area contributed by atoms with Crippen LogP contribution >= 0.6 is 0 Å². The summed E-state index contributed by atoms with van der Waals surface area (Å²) in [5.74, 6) is 1.09. The first kappa shape index (κ1) is 16.5. The van der Waals surface area contributed by atoms with E-state index in [0.717, 1.165) is 0 Å². The smallest absolute Gasteiger partial charge is 0.195 e. The molecule has 0 aliphatic carbocycles. The SMILES string of the molecule is CCOc1ccc(C(=O)c2ccccc2)c(Nc2ncccc2N)c1. The molecule has 25 heavy (non-hydrogen) atoms. The zero-order valence-corrected chi connectivity index (χ0v) is 13.9. The van der Waals surface area contributed by atoms with Gasteiger partial charge in [0.2, 0.25) is 0 Å². The van der Waals surface area contributed by atoms with Gasteiger partial charge in [-0.3, -0.25) is 4.79 Å². The Balaban J connectivity index is 2.02. The van der Waals surface area contributed by atoms with Crippen LogP contribution in [0.2, 0.25) is 0 Å². The van der Waals surface area contributed by atoms with Gasteiger partial charge in [0.15, 0.2) is 11.6 Å². The predicted molar refractivity (Wildman–Crippen MR) is 99.4 cm³/mol. The third kappa shape index (κ3) is 3.77. The van der Waals surface area contributed by atoms with Crippen LogP contribution < -0.4 is 15.8 Å². The number of anilines is 3. The Hall–Kier alpha value is -3.34. The Kier molecular flexibility index (Phi) is 4.95. The summed E-state index contributed by atoms with van der Waals surface area (Å²) in [7, 11) is 0. The second kappa shape index (κ2) is 7.49. The van der Waals surface area contributed by atoms with Crippen molar-refractivity contribution in [2.45, 2.75) is 6.92 Å². The molecule has 5 heteroatoms. The van der Waals surface area contributed by atoms with Gasteiger partial charge in [0.05, 0.1) is 18.0 Å². The van der Waals surface area contributed by atoms with Crippen LogP contribution in [-0.4, -0.2) is 17.4 Å². The van der Waals surface area contributed by atoms with Gasteiger partial charge < -0.3 is 15.8 Å². The monoisotopic (exact) mass is 333 g/mol. The molecule has 1 aromatic heterocycles. The van der Waals surface area contributed by atoms with Crippen molar-refractivity contribution in [1.82, 2.24) is 4.98 Å². The van der Waals surface area contributed by atoms with E-state index in [1.165, 1.54) is 0 Å². The van der Waals surface area contributed by atoms with Gasteiger partial charge in [0.1, 0.15) is 5.75 Å². The molecule has 0 saturated heterocycles. The number of nitrogen functional groups attached to an aromatic ring is 1. The minimum Gasteiger partial charge on any atom is -0.494 e. The Morgan fingerprint density at radius 1 is 1.12 bits per heavy atom. The summed E-state index contributed by atoms with van der Waals surface area (Å²) in [4.78, 5) is 17.1. The molecular formula is C20H19N3O2. The lowest BCUT2D eigenvalue weighted by molar-refractivity contribution is 0.103. The molecule has 2 aromatic carbocycles. The number of benzene rings is 2. The van der Waals surface area contributed by atoms with E-state index in [1.54, 1.807) is 48.7 Å². The highest BCUT2D eigenvalue weighted by atomic mass is 16.5. The van der Waals surface area contributed by atoms with Gasteiger partial charge in [-0.15, -0.1) is 0 Å². The maximum atomic E-state index is 12.9. The molecular weight excluding hydrogens is 314 g/mol. The number of carbonyl (C=O) groups excluding carboxylic acids is 1. The third-order valence-electron chi connectivity index (χ3n) is 3.67. The van der Waals surface area contributed by atoms with E-state index in [2.05, 4.69) is 10.3 Å². The highest BCUT2D eigenvalue weighted by molar-refractivity contribution is 6.12. The second-order valence-electron chi connectivity index (χ2n) is 5.40. The lowest BCUT2D eigenvalue weighted by atomic mass is 10.0. The van der Waals surface area contributed by atoms with E-state index in [0.29, 0.717) is 40.7 Å². The summed E-state index contributed by atoms with van der Waals surface area (Å²) < 4.78 is 5.55. The van der Waals surface area contributed by atoms with Crippen LogP contribution in [0.25, 0.3) is 0 Å². The van der Waals surface area contributed by atoms with Gasteiger partial charge in [0.25, 0.3) is 0 Å². The Labute approximate surface area is 146 Å². The summed E-state index contributed by atoms with van der Waals surface area (Å²) >= 11 is 0. The topological polar surface area (TPSA) is 77.2 Å². The zero-order chi connectivity index (χ0) is 17.6. The number of pyridine rings is 1. The van der Waals surface area contributed by atoms with E-state index < -0.39 is 0 Å². The number of nitrogens with two attached hydrogens (primary N) is 1. The molecule has 5 nitrogen and oxygen atoms in total. The molecule has 0 atom stereocenters. The molecule has 0 fully saturated rings. The molecule has 0 aliphatic rings. The molecule has 1 heterocycles. The van der Waals surface area contributed by atoms with Gasteiger partial charge >= 0.3 is 0 Å². The first-order valence-electron chi connectivity index (χ1n) is 8.03. The normalized spacial score (nSPS) is 10.3. The van der Waals surface area contributed by atoms with Crippen LogP contribution in [0.5, 0.6) is 5.75 Å². The standard InChI is InChI=1S/C20H19N3O2/c1-2-25-15-10-11-16(19(24)14-7-4-3-5-8-14)18(13-15)23-20-17(21)9-6-12-22-20/h3-13H,2,21H2,1H3,(H,22,23). The highest BCUT2D eigenvalue weighted by Gasteiger charge is 2.15. The molecule has 0 unspecified atom stereocenters. The minimum absolute atomic E-state index is 0.0827. The molecule has 3 aromatic rings. The van der Waals surface area contributed by atoms with Crippen LogP contribution in [-0.2, 0) is 0 Å². The fraction of sp³-hybridized carbons (Fsp3) is 0.100. The van der Waals surface area contributed by atoms with Crippen LogP contribution in [0.1, 0.15) is 22.8 Å². The first-order valence-corrected chi connectivity index (χ1v) is 8.03. The van der Waals surface area contributed by atoms with Crippen LogP contribution in [0, 0.1) is 0 Å². The predicted octanol–water partition coefficient (Wildman–Crippen LogP) is 4.04. The van der Waals surface area contributed by atoms with Gasteiger partial charge in [-0.2, -0.15) is 0 Å². The molecule has 3 N–H and O–H groups in total. The van der Waals surface area contributed by atoms with Gasteiger partial charge in [-0.05, 0) is 31.2 Å². The van der Waals surface area contributed by atoms with E-state index in [-0.39, 0.29) is 5.78 Å². The Morgan fingerprint density at radius 3 is 2.64 bits per heavy atom. The number of carbonyl (C=O) groups is 1. The average Bonchev–Trinajstić information content (AvgIpc) is 2.64. The first-order chi connectivity index (χ1) is 12.2. The van der Waals surface area contributed by atoms with E-state index in [9.17, 15) is 4.79 Å². The molecule has 0 radical (unpaired) electrons. The fourth-order valence-electron chi connectivity index (χ4n) is 2.48. The average molecular weight is 333 g/mol. The lowest BCUT2D eigenvalue weighted by Crippen LogP contribution is -2.07. The van der Waals surface area contributed by atoms with Crippen molar-refractivity contribution in [2.24, 2.45) is 0 Å². The summed E-state index contributed by atoms with van der Waals surface area (Å²) in [6.45, 7) is 2.45. The maximum absolute atomic E-state index is 12.9. The van der Waals surface area contributed by atoms with Crippen molar-refractivity contribution in [1.29, 1.82) is 0 Å². The quantitative estimate of drug-likeness (QED) is 0.666. The molecule has 126 valence electrons. The fourth-order valence-corrected chi connectivity index (χ4v) is 2.48. The molecule has 0 aliphatic heterocycles. The van der Waals surface area contributed by atoms with Crippen LogP contribution in [0.4, 0.5) is 17.2 Å². The number of aromatic nitrogens is 1. The largest absolute Gasteiger partial charge is 0.494 e. The van der Waals surface area contributed by atoms with Crippen molar-refractivity contribution >= 4 is 23.0 Å². The maximum Gasteiger partial charge on any atom is 0.195 e. The number of hydrogen-bond acceptors (Lipinski definition) is 5. The van der Waals surface area contributed by atoms with Crippen LogP contribution in [0.15, 0.2) is 66.9 Å². The number of ketones is 1. The van der Waals surface area contributed by atoms with Crippen molar-refractivity contribution in [3.63, 3.8) is 0 Å². The van der Waals surface area contributed by atoms with Crippen molar-refractivity contribution in [3.05, 3.63) is 78.0 Å². The Morgan fingerprint density at radius 2 is 1.92 bits per heavy atom. The number of hydrogen-bond donors (Lipinski definition) is 2. The van der Waals surface area contributed by atoms with Crippen molar-refractivity contribution in [2.75, 3.05) is 17.7 Å².